The summed E-state index contributed by atoms with van der Waals surface area (Å²) in [6, 6.07) is 14.8. The van der Waals surface area contributed by atoms with E-state index < -0.39 is 0 Å². The molecule has 1 atom stereocenters. The number of nitrogens with one attached hydrogen (secondary N) is 2. The summed E-state index contributed by atoms with van der Waals surface area (Å²) in [5.41, 5.74) is 0.775. The molecule has 1 heterocycles. The van der Waals surface area contributed by atoms with Crippen LogP contribution in [0.1, 0.15) is 6.92 Å². The van der Waals surface area contributed by atoms with Gasteiger partial charge in [-0.15, -0.1) is 12.4 Å². The summed E-state index contributed by atoms with van der Waals surface area (Å²) in [6.07, 6.45) is 0. The van der Waals surface area contributed by atoms with Gasteiger partial charge in [0, 0.05) is 17.7 Å². The van der Waals surface area contributed by atoms with Gasteiger partial charge in [0.25, 0.3) is 0 Å². The number of rotatable bonds is 6. The number of halogens is 1. The van der Waals surface area contributed by atoms with Gasteiger partial charge in [-0.3, -0.25) is 4.79 Å². The molecule has 0 bridgehead atoms. The summed E-state index contributed by atoms with van der Waals surface area (Å²) < 4.78 is 11.0. The lowest BCUT2D eigenvalue weighted by atomic mass is 9.88. The van der Waals surface area contributed by atoms with E-state index in [9.17, 15) is 4.79 Å². The first-order valence-corrected chi connectivity index (χ1v) is 8.09. The molecule has 1 fully saturated rings. The van der Waals surface area contributed by atoms with Crippen LogP contribution >= 0.6 is 12.4 Å². The molecule has 2 aromatic carbocycles. The molecule has 0 spiro atoms. The first-order chi connectivity index (χ1) is 11.7. The molecule has 1 aliphatic rings. The van der Waals surface area contributed by atoms with Crippen molar-refractivity contribution in [3.05, 3.63) is 48.5 Å². The fourth-order valence-corrected chi connectivity index (χ4v) is 2.54. The third-order valence-electron chi connectivity index (χ3n) is 4.33. The van der Waals surface area contributed by atoms with Crippen molar-refractivity contribution in [1.82, 2.24) is 5.32 Å². The molecule has 0 saturated carbocycles. The van der Waals surface area contributed by atoms with E-state index in [1.807, 2.05) is 55.5 Å². The third kappa shape index (κ3) is 4.87. The quantitative estimate of drug-likeness (QED) is 0.822. The van der Waals surface area contributed by atoms with Gasteiger partial charge < -0.3 is 20.1 Å². The number of hydrogen-bond acceptors (Lipinski definition) is 4. The lowest BCUT2D eigenvalue weighted by molar-refractivity contribution is -0.121. The Bertz CT molecular complexity index is 702. The number of methoxy groups -OCH3 is 1. The minimum absolute atomic E-state index is 0. The third-order valence-corrected chi connectivity index (χ3v) is 4.33. The van der Waals surface area contributed by atoms with Crippen LogP contribution in [0, 0.1) is 11.8 Å². The summed E-state index contributed by atoms with van der Waals surface area (Å²) in [5, 5.41) is 6.15. The first-order valence-electron chi connectivity index (χ1n) is 8.09. The van der Waals surface area contributed by atoms with Gasteiger partial charge in [0.1, 0.15) is 17.2 Å². The number of carbonyl (C=O) groups is 1. The highest BCUT2D eigenvalue weighted by atomic mass is 35.5. The van der Waals surface area contributed by atoms with Crippen molar-refractivity contribution in [2.75, 3.05) is 25.5 Å². The zero-order chi connectivity index (χ0) is 16.9. The molecule has 1 saturated heterocycles. The smallest absolute Gasteiger partial charge is 0.227 e. The lowest BCUT2D eigenvalue weighted by Gasteiger charge is -2.31. The van der Waals surface area contributed by atoms with E-state index in [1.54, 1.807) is 7.11 Å². The van der Waals surface area contributed by atoms with E-state index in [1.165, 1.54) is 0 Å². The van der Waals surface area contributed by atoms with Gasteiger partial charge in [-0.2, -0.15) is 0 Å². The second kappa shape index (κ2) is 8.74. The Kier molecular flexibility index (Phi) is 6.67. The lowest BCUT2D eigenvalue weighted by Crippen LogP contribution is -2.48. The van der Waals surface area contributed by atoms with Gasteiger partial charge in [-0.05, 0) is 55.4 Å². The molecule has 25 heavy (non-hydrogen) atoms. The fourth-order valence-electron chi connectivity index (χ4n) is 2.54. The maximum atomic E-state index is 12.2. The second-order valence-corrected chi connectivity index (χ2v) is 6.00. The standard InChI is InChI=1S/C19H22N2O3.ClH/c1-13(14-11-20-12-14)19(22)21-15-6-8-16(9-7-15)24-18-5-3-4-17(10-18)23-2;/h3-10,13-14,20H,11-12H2,1-2H3,(H,21,22);1H. The predicted molar refractivity (Wildman–Crippen MR) is 101 cm³/mol. The van der Waals surface area contributed by atoms with Gasteiger partial charge in [0.2, 0.25) is 5.91 Å². The average Bonchev–Trinajstić information content (AvgIpc) is 2.55. The van der Waals surface area contributed by atoms with Crippen molar-refractivity contribution in [1.29, 1.82) is 0 Å². The molecular weight excluding hydrogens is 340 g/mol. The van der Waals surface area contributed by atoms with Gasteiger partial charge in [0.05, 0.1) is 7.11 Å². The maximum Gasteiger partial charge on any atom is 0.227 e. The van der Waals surface area contributed by atoms with E-state index >= 15 is 0 Å². The first kappa shape index (κ1) is 19.1. The molecule has 1 unspecified atom stereocenters. The van der Waals surface area contributed by atoms with E-state index in [-0.39, 0.29) is 24.2 Å². The van der Waals surface area contributed by atoms with Crippen LogP contribution in [-0.2, 0) is 4.79 Å². The van der Waals surface area contributed by atoms with Gasteiger partial charge in [-0.1, -0.05) is 13.0 Å². The van der Waals surface area contributed by atoms with Crippen molar-refractivity contribution < 1.29 is 14.3 Å². The maximum absolute atomic E-state index is 12.2. The summed E-state index contributed by atoms with van der Waals surface area (Å²) in [6.45, 7) is 3.81. The molecule has 0 aromatic heterocycles. The van der Waals surface area contributed by atoms with Gasteiger partial charge in [-0.25, -0.2) is 0 Å². The van der Waals surface area contributed by atoms with E-state index in [4.69, 9.17) is 9.47 Å². The van der Waals surface area contributed by atoms with Crippen LogP contribution in [0.3, 0.4) is 0 Å². The topological polar surface area (TPSA) is 59.6 Å². The van der Waals surface area contributed by atoms with Crippen molar-refractivity contribution in [2.24, 2.45) is 11.8 Å². The van der Waals surface area contributed by atoms with E-state index in [0.29, 0.717) is 17.4 Å². The monoisotopic (exact) mass is 362 g/mol. The van der Waals surface area contributed by atoms with E-state index in [2.05, 4.69) is 10.6 Å². The second-order valence-electron chi connectivity index (χ2n) is 6.00. The Balaban J connectivity index is 0.00000225. The van der Waals surface area contributed by atoms with E-state index in [0.717, 1.165) is 24.5 Å². The minimum Gasteiger partial charge on any atom is -0.497 e. The largest absolute Gasteiger partial charge is 0.497 e. The Morgan fingerprint density at radius 3 is 2.40 bits per heavy atom. The summed E-state index contributed by atoms with van der Waals surface area (Å²) in [5.74, 6) is 2.66. The normalized spacial score (nSPS) is 14.6. The average molecular weight is 363 g/mol. The molecule has 5 nitrogen and oxygen atoms in total. The Hall–Kier alpha value is -2.24. The van der Waals surface area contributed by atoms with Crippen LogP contribution in [0.2, 0.25) is 0 Å². The zero-order valence-corrected chi connectivity index (χ0v) is 15.1. The van der Waals surface area contributed by atoms with Crippen molar-refractivity contribution in [2.45, 2.75) is 6.92 Å². The molecule has 2 N–H and O–H groups in total. The van der Waals surface area contributed by atoms with Crippen molar-refractivity contribution in [3.63, 3.8) is 0 Å². The summed E-state index contributed by atoms with van der Waals surface area (Å²) in [4.78, 5) is 12.2. The Morgan fingerprint density at radius 2 is 1.80 bits per heavy atom. The van der Waals surface area contributed by atoms with Crippen LogP contribution < -0.4 is 20.1 Å². The van der Waals surface area contributed by atoms with Crippen molar-refractivity contribution >= 4 is 24.0 Å². The highest BCUT2D eigenvalue weighted by Gasteiger charge is 2.28. The molecule has 1 aliphatic heterocycles. The number of benzene rings is 2. The summed E-state index contributed by atoms with van der Waals surface area (Å²) in [7, 11) is 1.62. The minimum atomic E-state index is 0. The van der Waals surface area contributed by atoms with Crippen LogP contribution in [0.4, 0.5) is 5.69 Å². The van der Waals surface area contributed by atoms with Crippen LogP contribution in [0.5, 0.6) is 17.2 Å². The molecule has 0 radical (unpaired) electrons. The van der Waals surface area contributed by atoms with Crippen LogP contribution in [0.25, 0.3) is 0 Å². The summed E-state index contributed by atoms with van der Waals surface area (Å²) >= 11 is 0. The van der Waals surface area contributed by atoms with Gasteiger partial charge in [0.15, 0.2) is 0 Å². The number of ether oxygens (including phenoxy) is 2. The number of carbonyl (C=O) groups excluding carboxylic acids is 1. The molecule has 134 valence electrons. The molecule has 0 aliphatic carbocycles. The molecular formula is C19H23ClN2O3. The highest BCUT2D eigenvalue weighted by Crippen LogP contribution is 2.26. The molecule has 2 aromatic rings. The van der Waals surface area contributed by atoms with Crippen LogP contribution in [-0.4, -0.2) is 26.1 Å². The zero-order valence-electron chi connectivity index (χ0n) is 14.3. The number of hydrogen-bond donors (Lipinski definition) is 2. The Morgan fingerprint density at radius 1 is 1.12 bits per heavy atom. The fraction of sp³-hybridized carbons (Fsp3) is 0.316. The highest BCUT2D eigenvalue weighted by molar-refractivity contribution is 5.92. The number of anilines is 1. The number of amides is 1. The molecule has 1 amide bonds. The predicted octanol–water partition coefficient (Wildman–Crippen LogP) is 3.70. The molecule has 3 rings (SSSR count). The molecule has 6 heteroatoms. The SMILES string of the molecule is COc1cccc(Oc2ccc(NC(=O)C(C)C3CNC3)cc2)c1.Cl. The van der Waals surface area contributed by atoms with Crippen LogP contribution in [0.15, 0.2) is 48.5 Å². The van der Waals surface area contributed by atoms with Crippen molar-refractivity contribution in [3.8, 4) is 17.2 Å². The Labute approximate surface area is 154 Å². The van der Waals surface area contributed by atoms with Gasteiger partial charge >= 0.3 is 0 Å².